The van der Waals surface area contributed by atoms with Crippen molar-refractivity contribution in [1.29, 1.82) is 0 Å². The molecular formula is C19H22N4O4S. The van der Waals surface area contributed by atoms with Gasteiger partial charge in [-0.2, -0.15) is 4.31 Å². The van der Waals surface area contributed by atoms with Crippen molar-refractivity contribution in [3.63, 3.8) is 0 Å². The summed E-state index contributed by atoms with van der Waals surface area (Å²) in [6, 6.07) is 9.56. The van der Waals surface area contributed by atoms with Crippen molar-refractivity contribution >= 4 is 15.7 Å². The maximum Gasteiger partial charge on any atom is 0.276 e. The number of furan rings is 1. The Morgan fingerprint density at radius 1 is 1.11 bits per heavy atom. The van der Waals surface area contributed by atoms with Gasteiger partial charge in [-0.3, -0.25) is 0 Å². The van der Waals surface area contributed by atoms with E-state index < -0.39 is 10.0 Å². The van der Waals surface area contributed by atoms with E-state index in [9.17, 15) is 8.42 Å². The fourth-order valence-electron chi connectivity index (χ4n) is 3.29. The third kappa shape index (κ3) is 3.43. The molecule has 1 saturated heterocycles. The summed E-state index contributed by atoms with van der Waals surface area (Å²) in [7, 11) is -3.71. The summed E-state index contributed by atoms with van der Waals surface area (Å²) in [6.45, 7) is 6.01. The van der Waals surface area contributed by atoms with Crippen LogP contribution in [0.4, 0.5) is 5.69 Å². The van der Waals surface area contributed by atoms with E-state index in [1.54, 1.807) is 0 Å². The minimum Gasteiger partial charge on any atom is -0.451 e. The van der Waals surface area contributed by atoms with Crippen LogP contribution in [0.25, 0.3) is 11.5 Å². The quantitative estimate of drug-likeness (QED) is 0.648. The van der Waals surface area contributed by atoms with Gasteiger partial charge in [0.2, 0.25) is 11.0 Å². The Bertz CT molecular complexity index is 1070. The highest BCUT2D eigenvalue weighted by molar-refractivity contribution is 7.89. The average molecular weight is 402 g/mol. The lowest BCUT2D eigenvalue weighted by atomic mass is 10.1. The number of aryl methyl sites for hydroxylation is 2. The lowest BCUT2D eigenvalue weighted by molar-refractivity contribution is 0.361. The van der Waals surface area contributed by atoms with E-state index in [0.29, 0.717) is 44.1 Å². The first-order valence-corrected chi connectivity index (χ1v) is 10.6. The maximum absolute atomic E-state index is 13.0. The Labute approximate surface area is 163 Å². The van der Waals surface area contributed by atoms with Crippen molar-refractivity contribution in [1.82, 2.24) is 14.5 Å². The van der Waals surface area contributed by atoms with Crippen molar-refractivity contribution < 1.29 is 17.3 Å². The lowest BCUT2D eigenvalue weighted by Gasteiger charge is -2.35. The fraction of sp³-hybridized carbons (Fsp3) is 0.368. The predicted octanol–water partition coefficient (Wildman–Crippen LogP) is 2.71. The highest BCUT2D eigenvalue weighted by Gasteiger charge is 2.32. The van der Waals surface area contributed by atoms with Crippen molar-refractivity contribution in [2.45, 2.75) is 25.4 Å². The molecule has 9 heteroatoms. The first-order valence-electron chi connectivity index (χ1n) is 9.21. The van der Waals surface area contributed by atoms with Crippen LogP contribution in [0.2, 0.25) is 0 Å². The molecule has 0 spiro atoms. The molecule has 1 aliphatic heterocycles. The summed E-state index contributed by atoms with van der Waals surface area (Å²) in [5.74, 6) is 0.749. The van der Waals surface area contributed by atoms with E-state index in [1.807, 2.05) is 19.1 Å². The molecule has 0 radical (unpaired) electrons. The van der Waals surface area contributed by atoms with Crippen molar-refractivity contribution in [2.24, 2.45) is 0 Å². The molecule has 0 unspecified atom stereocenters. The number of rotatable bonds is 5. The van der Waals surface area contributed by atoms with E-state index >= 15 is 0 Å². The zero-order valence-corrected chi connectivity index (χ0v) is 16.6. The summed E-state index contributed by atoms with van der Waals surface area (Å²) >= 11 is 0. The van der Waals surface area contributed by atoms with Gasteiger partial charge in [-0.1, -0.05) is 25.1 Å². The Morgan fingerprint density at radius 2 is 1.86 bits per heavy atom. The lowest BCUT2D eigenvalue weighted by Crippen LogP contribution is -2.48. The molecule has 148 valence electrons. The third-order valence-corrected chi connectivity index (χ3v) is 6.65. The molecule has 0 N–H and O–H groups in total. The molecule has 0 aliphatic carbocycles. The van der Waals surface area contributed by atoms with Crippen LogP contribution in [0.3, 0.4) is 0 Å². The van der Waals surface area contributed by atoms with Gasteiger partial charge in [0.15, 0.2) is 0 Å². The zero-order valence-electron chi connectivity index (χ0n) is 15.8. The number of nitrogens with zero attached hydrogens (tertiary/aromatic N) is 4. The Kier molecular flexibility index (Phi) is 4.94. The van der Waals surface area contributed by atoms with Crippen LogP contribution in [0.15, 0.2) is 50.5 Å². The second-order valence-corrected chi connectivity index (χ2v) is 8.56. The first kappa shape index (κ1) is 18.7. The Hall–Kier alpha value is -2.65. The molecule has 0 atom stereocenters. The number of piperazine rings is 1. The topological polar surface area (TPSA) is 92.7 Å². The van der Waals surface area contributed by atoms with Gasteiger partial charge in [0.1, 0.15) is 6.26 Å². The molecule has 0 saturated carbocycles. The number of hydrogen-bond donors (Lipinski definition) is 0. The van der Waals surface area contributed by atoms with Crippen LogP contribution < -0.4 is 4.90 Å². The molecule has 3 aromatic rings. The van der Waals surface area contributed by atoms with Gasteiger partial charge in [0, 0.05) is 44.4 Å². The van der Waals surface area contributed by atoms with Gasteiger partial charge in [-0.25, -0.2) is 8.42 Å². The zero-order chi connectivity index (χ0) is 19.7. The first-order chi connectivity index (χ1) is 13.5. The second-order valence-electron chi connectivity index (χ2n) is 6.69. The Morgan fingerprint density at radius 3 is 2.54 bits per heavy atom. The summed E-state index contributed by atoms with van der Waals surface area (Å²) in [5.41, 5.74) is 2.78. The van der Waals surface area contributed by atoms with Gasteiger partial charge < -0.3 is 13.7 Å². The molecule has 8 nitrogen and oxygen atoms in total. The van der Waals surface area contributed by atoms with Crippen molar-refractivity contribution in [3.05, 3.63) is 48.0 Å². The maximum atomic E-state index is 13.0. The van der Waals surface area contributed by atoms with Crippen LogP contribution in [-0.4, -0.2) is 49.1 Å². The smallest absolute Gasteiger partial charge is 0.276 e. The van der Waals surface area contributed by atoms with E-state index in [0.717, 1.165) is 5.69 Å². The van der Waals surface area contributed by atoms with Gasteiger partial charge in [0.25, 0.3) is 15.9 Å². The summed E-state index contributed by atoms with van der Waals surface area (Å²) in [4.78, 5) is 2.21. The van der Waals surface area contributed by atoms with E-state index in [1.165, 1.54) is 22.2 Å². The summed E-state index contributed by atoms with van der Waals surface area (Å²) in [5, 5.41) is 7.71. The molecule has 1 aliphatic rings. The van der Waals surface area contributed by atoms with Gasteiger partial charge >= 0.3 is 0 Å². The van der Waals surface area contributed by atoms with Crippen LogP contribution in [0.5, 0.6) is 0 Å². The van der Waals surface area contributed by atoms with E-state index in [4.69, 9.17) is 8.83 Å². The van der Waals surface area contributed by atoms with E-state index in [2.05, 4.69) is 34.2 Å². The summed E-state index contributed by atoms with van der Waals surface area (Å²) < 4.78 is 38.2. The average Bonchev–Trinajstić information content (AvgIpc) is 3.38. The summed E-state index contributed by atoms with van der Waals surface area (Å²) in [6.07, 6.45) is 1.95. The molecule has 2 aromatic heterocycles. The molecule has 28 heavy (non-hydrogen) atoms. The highest BCUT2D eigenvalue weighted by atomic mass is 32.2. The Balaban J connectivity index is 1.48. The van der Waals surface area contributed by atoms with Crippen LogP contribution in [-0.2, 0) is 16.4 Å². The van der Waals surface area contributed by atoms with Gasteiger partial charge in [-0.05, 0) is 18.6 Å². The monoisotopic (exact) mass is 402 g/mol. The number of aromatic nitrogens is 2. The highest BCUT2D eigenvalue weighted by Crippen LogP contribution is 2.27. The number of anilines is 1. The second kappa shape index (κ2) is 7.40. The SMILES string of the molecule is CCc1nnc(-c2coc(S(=O)(=O)N3CCN(c4ccccc4C)CC3)c2)o1. The minimum atomic E-state index is -3.71. The fourth-order valence-corrected chi connectivity index (χ4v) is 4.64. The van der Waals surface area contributed by atoms with Gasteiger partial charge in [0.05, 0.1) is 5.56 Å². The van der Waals surface area contributed by atoms with Crippen molar-refractivity contribution in [2.75, 3.05) is 31.1 Å². The normalized spacial score (nSPS) is 15.9. The standard InChI is InChI=1S/C19H22N4O4S/c1-3-17-20-21-19(27-17)15-12-18(26-13-15)28(24,25)23-10-8-22(9-11-23)16-7-5-4-6-14(16)2/h4-7,12-13H,3,8-11H2,1-2H3. The van der Waals surface area contributed by atoms with Crippen molar-refractivity contribution in [3.8, 4) is 11.5 Å². The number of sulfonamides is 1. The number of benzene rings is 1. The molecule has 1 fully saturated rings. The van der Waals surface area contributed by atoms with Crippen LogP contribution in [0.1, 0.15) is 18.4 Å². The van der Waals surface area contributed by atoms with Crippen LogP contribution >= 0.6 is 0 Å². The molecule has 4 rings (SSSR count). The van der Waals surface area contributed by atoms with Gasteiger partial charge in [-0.15, -0.1) is 10.2 Å². The minimum absolute atomic E-state index is 0.108. The van der Waals surface area contributed by atoms with E-state index in [-0.39, 0.29) is 11.0 Å². The largest absolute Gasteiger partial charge is 0.451 e. The number of hydrogen-bond acceptors (Lipinski definition) is 7. The molecular weight excluding hydrogens is 380 g/mol. The molecule has 0 bridgehead atoms. The molecule has 1 aromatic carbocycles. The number of para-hydroxylation sites is 1. The van der Waals surface area contributed by atoms with Crippen LogP contribution in [0, 0.1) is 6.92 Å². The molecule has 3 heterocycles. The third-order valence-electron chi connectivity index (χ3n) is 4.88. The predicted molar refractivity (Wildman–Crippen MR) is 104 cm³/mol. The molecule has 0 amide bonds.